The van der Waals surface area contributed by atoms with E-state index in [1.54, 1.807) is 0 Å². The van der Waals surface area contributed by atoms with Gasteiger partial charge in [0.05, 0.1) is 25.4 Å². The average Bonchev–Trinajstić information content (AvgIpc) is 2.86. The largest absolute Gasteiger partial charge is 0.465 e. The van der Waals surface area contributed by atoms with Crippen LogP contribution in [0.1, 0.15) is 19.3 Å². The van der Waals surface area contributed by atoms with Crippen molar-refractivity contribution in [3.05, 3.63) is 22.3 Å². The number of esters is 2. The Morgan fingerprint density at radius 2 is 1.33 bits per heavy atom. The highest BCUT2D eigenvalue weighted by atomic mass is 16.5. The van der Waals surface area contributed by atoms with Gasteiger partial charge in [0.15, 0.2) is 0 Å². The highest BCUT2D eigenvalue weighted by Crippen LogP contribution is 2.44. The van der Waals surface area contributed by atoms with Gasteiger partial charge in [0.2, 0.25) is 0 Å². The molecule has 0 aliphatic heterocycles. The van der Waals surface area contributed by atoms with Gasteiger partial charge in [0, 0.05) is 0 Å². The van der Waals surface area contributed by atoms with Gasteiger partial charge in [-0.25, -0.2) is 9.59 Å². The summed E-state index contributed by atoms with van der Waals surface area (Å²) in [4.78, 5) is 23.0. The summed E-state index contributed by atoms with van der Waals surface area (Å²) >= 11 is 0. The van der Waals surface area contributed by atoms with Crippen LogP contribution in [0, 0.1) is 0 Å². The monoisotopic (exact) mass is 208 g/mol. The number of hydrogen-bond donors (Lipinski definition) is 0. The van der Waals surface area contributed by atoms with Crippen LogP contribution in [-0.2, 0) is 19.1 Å². The van der Waals surface area contributed by atoms with Crippen molar-refractivity contribution in [1.29, 1.82) is 0 Å². The molecular weight excluding hydrogens is 196 g/mol. The summed E-state index contributed by atoms with van der Waals surface area (Å²) in [5, 5.41) is 0. The maximum atomic E-state index is 11.5. The molecule has 4 nitrogen and oxygen atoms in total. The molecular formula is C11H12O4. The van der Waals surface area contributed by atoms with Crippen LogP contribution < -0.4 is 0 Å². The van der Waals surface area contributed by atoms with Crippen molar-refractivity contribution in [2.75, 3.05) is 14.2 Å². The molecule has 4 heteroatoms. The highest BCUT2D eigenvalue weighted by Gasteiger charge is 2.37. The number of fused-ring (bicyclic) bond motifs is 2. The molecule has 1 saturated carbocycles. The first-order valence-electron chi connectivity index (χ1n) is 4.80. The van der Waals surface area contributed by atoms with E-state index in [1.807, 2.05) is 0 Å². The topological polar surface area (TPSA) is 52.6 Å². The fourth-order valence-corrected chi connectivity index (χ4v) is 2.21. The van der Waals surface area contributed by atoms with Crippen molar-refractivity contribution in [2.45, 2.75) is 19.3 Å². The zero-order valence-electron chi connectivity index (χ0n) is 8.75. The van der Waals surface area contributed by atoms with E-state index in [9.17, 15) is 9.59 Å². The molecule has 1 fully saturated rings. The molecule has 0 amide bonds. The minimum absolute atomic E-state index is 0.430. The molecule has 2 aliphatic carbocycles. The normalized spacial score (nSPS) is 18.5. The Balaban J connectivity index is 2.41. The lowest BCUT2D eigenvalue weighted by Crippen LogP contribution is -2.16. The molecule has 0 saturated heterocycles. The number of carbonyl (C=O) groups is 2. The Morgan fingerprint density at radius 1 is 0.933 bits per heavy atom. The average molecular weight is 208 g/mol. The van der Waals surface area contributed by atoms with Gasteiger partial charge in [-0.1, -0.05) is 11.1 Å². The summed E-state index contributed by atoms with van der Waals surface area (Å²) in [7, 11) is 2.64. The minimum Gasteiger partial charge on any atom is -0.465 e. The number of hydrogen-bond acceptors (Lipinski definition) is 4. The third-order valence-electron chi connectivity index (χ3n) is 2.89. The van der Waals surface area contributed by atoms with Gasteiger partial charge in [-0.05, 0) is 19.3 Å². The smallest absolute Gasteiger partial charge is 0.338 e. The van der Waals surface area contributed by atoms with Crippen molar-refractivity contribution < 1.29 is 19.1 Å². The third-order valence-corrected chi connectivity index (χ3v) is 2.89. The zero-order chi connectivity index (χ0) is 11.0. The van der Waals surface area contributed by atoms with Gasteiger partial charge in [0.1, 0.15) is 0 Å². The third kappa shape index (κ3) is 1.37. The molecule has 0 radical (unpaired) electrons. The van der Waals surface area contributed by atoms with Gasteiger partial charge in [-0.15, -0.1) is 0 Å². The molecule has 2 rings (SSSR count). The predicted molar refractivity (Wildman–Crippen MR) is 51.9 cm³/mol. The van der Waals surface area contributed by atoms with Gasteiger partial charge < -0.3 is 9.47 Å². The summed E-state index contributed by atoms with van der Waals surface area (Å²) in [5.41, 5.74) is 2.89. The Bertz CT molecular complexity index is 363. The minimum atomic E-state index is -0.430. The van der Waals surface area contributed by atoms with Crippen molar-refractivity contribution in [2.24, 2.45) is 0 Å². The Morgan fingerprint density at radius 3 is 1.67 bits per heavy atom. The van der Waals surface area contributed by atoms with E-state index in [2.05, 4.69) is 9.47 Å². The molecule has 0 heterocycles. The SMILES string of the molecule is COC(=O)C1=C2CCC(=C1C(=O)OC)C2. The molecule has 0 spiro atoms. The first-order chi connectivity index (χ1) is 7.19. The Kier molecular flexibility index (Phi) is 2.34. The maximum absolute atomic E-state index is 11.5. The summed E-state index contributed by atoms with van der Waals surface area (Å²) in [6.45, 7) is 0. The fraction of sp³-hybridized carbons (Fsp3) is 0.455. The molecule has 2 bridgehead atoms. The number of methoxy groups -OCH3 is 2. The maximum Gasteiger partial charge on any atom is 0.338 e. The summed E-state index contributed by atoms with van der Waals surface area (Å²) in [5.74, 6) is -0.861. The fourth-order valence-electron chi connectivity index (χ4n) is 2.21. The van der Waals surface area contributed by atoms with Crippen LogP contribution in [0.25, 0.3) is 0 Å². The van der Waals surface area contributed by atoms with Crippen LogP contribution >= 0.6 is 0 Å². The Labute approximate surface area is 87.5 Å². The second kappa shape index (κ2) is 3.53. The zero-order valence-corrected chi connectivity index (χ0v) is 8.75. The number of ether oxygens (including phenoxy) is 2. The molecule has 0 atom stereocenters. The van der Waals surface area contributed by atoms with E-state index < -0.39 is 11.9 Å². The second-order valence-electron chi connectivity index (χ2n) is 3.62. The van der Waals surface area contributed by atoms with Crippen LogP contribution in [0.15, 0.2) is 22.3 Å². The van der Waals surface area contributed by atoms with Crippen LogP contribution in [-0.4, -0.2) is 26.2 Å². The first kappa shape index (κ1) is 9.96. The Hall–Kier alpha value is -1.58. The van der Waals surface area contributed by atoms with Gasteiger partial charge in [-0.2, -0.15) is 0 Å². The molecule has 0 aromatic rings. The summed E-state index contributed by atoms with van der Waals surface area (Å²) < 4.78 is 9.35. The van der Waals surface area contributed by atoms with E-state index >= 15 is 0 Å². The highest BCUT2D eigenvalue weighted by molar-refractivity contribution is 6.09. The van der Waals surface area contributed by atoms with E-state index in [-0.39, 0.29) is 0 Å². The lowest BCUT2D eigenvalue weighted by molar-refractivity contribution is -0.139. The summed E-state index contributed by atoms with van der Waals surface area (Å²) in [6.07, 6.45) is 2.45. The molecule has 0 aromatic carbocycles. The molecule has 15 heavy (non-hydrogen) atoms. The van der Waals surface area contributed by atoms with Crippen LogP contribution in [0.3, 0.4) is 0 Å². The molecule has 0 unspecified atom stereocenters. The van der Waals surface area contributed by atoms with Crippen LogP contribution in [0.5, 0.6) is 0 Å². The number of rotatable bonds is 2. The molecule has 0 N–H and O–H groups in total. The van der Waals surface area contributed by atoms with Crippen LogP contribution in [0.4, 0.5) is 0 Å². The lowest BCUT2D eigenvalue weighted by atomic mass is 9.98. The standard InChI is InChI=1S/C11H12O4/c1-14-10(12)8-6-3-4-7(5-6)9(8)11(13)15-2/h3-5H2,1-2H3. The van der Waals surface area contributed by atoms with Gasteiger partial charge in [-0.3, -0.25) is 0 Å². The molecule has 0 aromatic heterocycles. The van der Waals surface area contributed by atoms with Crippen LogP contribution in [0.2, 0.25) is 0 Å². The van der Waals surface area contributed by atoms with E-state index in [0.29, 0.717) is 11.1 Å². The molecule has 2 aliphatic rings. The summed E-state index contributed by atoms with van der Waals surface area (Å²) in [6, 6.07) is 0. The number of carbonyl (C=O) groups excluding carboxylic acids is 2. The predicted octanol–water partition coefficient (Wildman–Crippen LogP) is 1.12. The van der Waals surface area contributed by atoms with E-state index in [4.69, 9.17) is 0 Å². The van der Waals surface area contributed by atoms with Crippen molar-refractivity contribution in [3.8, 4) is 0 Å². The lowest BCUT2D eigenvalue weighted by Gasteiger charge is -2.11. The van der Waals surface area contributed by atoms with Gasteiger partial charge in [0.25, 0.3) is 0 Å². The van der Waals surface area contributed by atoms with Crippen molar-refractivity contribution >= 4 is 11.9 Å². The van der Waals surface area contributed by atoms with E-state index in [1.165, 1.54) is 14.2 Å². The van der Waals surface area contributed by atoms with E-state index in [0.717, 1.165) is 30.4 Å². The molecule has 80 valence electrons. The van der Waals surface area contributed by atoms with Gasteiger partial charge >= 0.3 is 11.9 Å². The quantitative estimate of drug-likeness (QED) is 0.638. The second-order valence-corrected chi connectivity index (χ2v) is 3.62. The first-order valence-corrected chi connectivity index (χ1v) is 4.80. The van der Waals surface area contributed by atoms with Crippen molar-refractivity contribution in [1.82, 2.24) is 0 Å². The van der Waals surface area contributed by atoms with Crippen molar-refractivity contribution in [3.63, 3.8) is 0 Å². The number of allylic oxidation sites excluding steroid dienone is 2.